The van der Waals surface area contributed by atoms with E-state index < -0.39 is 0 Å². The van der Waals surface area contributed by atoms with E-state index >= 15 is 0 Å². The molecule has 2 aliphatic heterocycles. The first kappa shape index (κ1) is 17.0. The van der Waals surface area contributed by atoms with E-state index in [0.29, 0.717) is 30.5 Å². The van der Waals surface area contributed by atoms with Gasteiger partial charge in [-0.15, -0.1) is 0 Å². The molecule has 0 saturated carbocycles. The normalized spacial score (nSPS) is 21.6. The van der Waals surface area contributed by atoms with Crippen LogP contribution < -0.4 is 9.47 Å². The number of benzene rings is 1. The summed E-state index contributed by atoms with van der Waals surface area (Å²) in [5.74, 6) is 1.66. The van der Waals surface area contributed by atoms with Crippen molar-refractivity contribution in [1.82, 2.24) is 4.90 Å². The first-order chi connectivity index (χ1) is 11.7. The molecule has 24 heavy (non-hydrogen) atoms. The third kappa shape index (κ3) is 3.35. The number of likely N-dealkylation sites (tertiary alicyclic amines) is 1. The van der Waals surface area contributed by atoms with E-state index in [9.17, 15) is 4.79 Å². The number of carbonyl (C=O) groups excluding carboxylic acids is 1. The molecule has 0 bridgehead atoms. The number of amides is 1. The summed E-state index contributed by atoms with van der Waals surface area (Å²) in [6.45, 7) is 2.82. The number of carbonyl (C=O) groups is 1. The van der Waals surface area contributed by atoms with Crippen LogP contribution in [0.4, 0.5) is 0 Å². The van der Waals surface area contributed by atoms with Gasteiger partial charge in [0.2, 0.25) is 0 Å². The zero-order valence-corrected chi connectivity index (χ0v) is 14.3. The van der Waals surface area contributed by atoms with Gasteiger partial charge in [-0.2, -0.15) is 0 Å². The number of hydrogen-bond acceptors (Lipinski definition) is 5. The monoisotopic (exact) mass is 335 g/mol. The van der Waals surface area contributed by atoms with E-state index in [1.54, 1.807) is 25.2 Å². The molecule has 2 heterocycles. The number of hydrogen-bond donors (Lipinski definition) is 0. The Labute approximate surface area is 142 Å². The summed E-state index contributed by atoms with van der Waals surface area (Å²) in [7, 11) is 3.30. The van der Waals surface area contributed by atoms with Crippen LogP contribution in [-0.2, 0) is 14.3 Å². The van der Waals surface area contributed by atoms with Gasteiger partial charge in [-0.05, 0) is 30.9 Å². The van der Waals surface area contributed by atoms with Gasteiger partial charge in [-0.25, -0.2) is 0 Å². The van der Waals surface area contributed by atoms with Gasteiger partial charge >= 0.3 is 0 Å². The quantitative estimate of drug-likeness (QED) is 0.759. The lowest BCUT2D eigenvalue weighted by Crippen LogP contribution is -2.66. The molecule has 0 radical (unpaired) electrons. The fourth-order valence-electron chi connectivity index (χ4n) is 3.55. The Morgan fingerprint density at radius 1 is 1.29 bits per heavy atom. The van der Waals surface area contributed by atoms with Gasteiger partial charge in [0.15, 0.2) is 18.1 Å². The summed E-state index contributed by atoms with van der Waals surface area (Å²) in [6.07, 6.45) is 2.03. The molecule has 6 nitrogen and oxygen atoms in total. The average molecular weight is 335 g/mol. The second-order valence-electron chi connectivity index (χ2n) is 6.37. The minimum Gasteiger partial charge on any atom is -0.493 e. The maximum atomic E-state index is 12.3. The smallest absolute Gasteiger partial charge is 0.260 e. The number of methoxy groups -OCH3 is 2. The van der Waals surface area contributed by atoms with Gasteiger partial charge in [-0.1, -0.05) is 12.1 Å². The highest BCUT2D eigenvalue weighted by Crippen LogP contribution is 2.41. The van der Waals surface area contributed by atoms with E-state index in [4.69, 9.17) is 18.9 Å². The Kier molecular flexibility index (Phi) is 5.26. The van der Waals surface area contributed by atoms with Crippen molar-refractivity contribution in [2.45, 2.75) is 18.4 Å². The first-order valence-electron chi connectivity index (χ1n) is 8.35. The van der Waals surface area contributed by atoms with Gasteiger partial charge in [0.1, 0.15) is 5.60 Å². The molecule has 1 amide bonds. The molecular formula is C18H25NO5. The summed E-state index contributed by atoms with van der Waals surface area (Å²) in [5.41, 5.74) is -0.168. The van der Waals surface area contributed by atoms with Crippen LogP contribution >= 0.6 is 0 Å². The highest BCUT2D eigenvalue weighted by Gasteiger charge is 2.54. The fourth-order valence-corrected chi connectivity index (χ4v) is 3.55. The van der Waals surface area contributed by atoms with Crippen molar-refractivity contribution in [2.24, 2.45) is 5.92 Å². The predicted molar refractivity (Wildman–Crippen MR) is 88.4 cm³/mol. The molecular weight excluding hydrogens is 310 g/mol. The Hall–Kier alpha value is -1.79. The van der Waals surface area contributed by atoms with Crippen LogP contribution in [0.15, 0.2) is 24.3 Å². The second-order valence-corrected chi connectivity index (χ2v) is 6.37. The molecule has 3 rings (SSSR count). The van der Waals surface area contributed by atoms with Crippen LogP contribution in [-0.4, -0.2) is 63.5 Å². The van der Waals surface area contributed by atoms with Crippen molar-refractivity contribution in [1.29, 1.82) is 0 Å². The Bertz CT molecular complexity index is 570. The average Bonchev–Trinajstić information content (AvgIpc) is 3.00. The lowest BCUT2D eigenvalue weighted by Gasteiger charge is -2.50. The molecule has 1 spiro atoms. The third-order valence-corrected chi connectivity index (χ3v) is 4.96. The van der Waals surface area contributed by atoms with Crippen molar-refractivity contribution in [2.75, 3.05) is 47.1 Å². The fraction of sp³-hybridized carbons (Fsp3) is 0.611. The number of ether oxygens (including phenoxy) is 4. The molecule has 0 aliphatic carbocycles. The van der Waals surface area contributed by atoms with Gasteiger partial charge in [0, 0.05) is 20.3 Å². The van der Waals surface area contributed by atoms with Crippen molar-refractivity contribution in [3.8, 4) is 11.5 Å². The molecule has 132 valence electrons. The van der Waals surface area contributed by atoms with Crippen molar-refractivity contribution in [3.05, 3.63) is 24.3 Å². The van der Waals surface area contributed by atoms with E-state index in [1.165, 1.54) is 0 Å². The summed E-state index contributed by atoms with van der Waals surface area (Å²) in [6, 6.07) is 7.33. The maximum Gasteiger partial charge on any atom is 0.260 e. The standard InChI is InChI=1S/C18H25NO5/c1-21-9-7-14-8-10-24-18(14)12-19(13-18)17(20)11-23-16-6-4-3-5-15(16)22-2/h3-6,14H,7-13H2,1-2H3/t14-/m0/s1. The summed E-state index contributed by atoms with van der Waals surface area (Å²) >= 11 is 0. The van der Waals surface area contributed by atoms with Crippen LogP contribution in [0.3, 0.4) is 0 Å². The van der Waals surface area contributed by atoms with Crippen LogP contribution in [0.1, 0.15) is 12.8 Å². The SMILES string of the molecule is COCC[C@H]1CCOC12CN(C(=O)COc1ccccc1OC)C2. The van der Waals surface area contributed by atoms with Gasteiger partial charge < -0.3 is 23.8 Å². The Morgan fingerprint density at radius 3 is 2.75 bits per heavy atom. The molecule has 1 aromatic carbocycles. The number of nitrogens with zero attached hydrogens (tertiary/aromatic N) is 1. The minimum atomic E-state index is -0.168. The third-order valence-electron chi connectivity index (χ3n) is 4.96. The van der Waals surface area contributed by atoms with Crippen molar-refractivity contribution >= 4 is 5.91 Å². The van der Waals surface area contributed by atoms with Crippen LogP contribution in [0, 0.1) is 5.92 Å². The zero-order chi connectivity index (χ0) is 17.0. The molecule has 0 N–H and O–H groups in total. The number of para-hydroxylation sites is 2. The first-order valence-corrected chi connectivity index (χ1v) is 8.35. The molecule has 0 aromatic heterocycles. The van der Waals surface area contributed by atoms with Gasteiger partial charge in [0.05, 0.1) is 20.2 Å². The van der Waals surface area contributed by atoms with Crippen LogP contribution in [0.25, 0.3) is 0 Å². The minimum absolute atomic E-state index is 0.0131. The van der Waals surface area contributed by atoms with E-state index in [1.807, 2.05) is 18.2 Å². The maximum absolute atomic E-state index is 12.3. The summed E-state index contributed by atoms with van der Waals surface area (Å²) in [4.78, 5) is 14.1. The summed E-state index contributed by atoms with van der Waals surface area (Å²) in [5, 5.41) is 0. The summed E-state index contributed by atoms with van der Waals surface area (Å²) < 4.78 is 22.0. The molecule has 1 aromatic rings. The lowest BCUT2D eigenvalue weighted by atomic mass is 9.79. The highest BCUT2D eigenvalue weighted by atomic mass is 16.5. The van der Waals surface area contributed by atoms with Crippen LogP contribution in [0.5, 0.6) is 11.5 Å². The van der Waals surface area contributed by atoms with E-state index in [-0.39, 0.29) is 18.1 Å². The highest BCUT2D eigenvalue weighted by molar-refractivity contribution is 5.79. The molecule has 2 fully saturated rings. The Balaban J connectivity index is 1.50. The molecule has 0 unspecified atom stereocenters. The topological polar surface area (TPSA) is 57.2 Å². The molecule has 2 aliphatic rings. The zero-order valence-electron chi connectivity index (χ0n) is 14.3. The predicted octanol–water partition coefficient (Wildman–Crippen LogP) is 1.73. The van der Waals surface area contributed by atoms with Crippen molar-refractivity contribution < 1.29 is 23.7 Å². The van der Waals surface area contributed by atoms with Crippen molar-refractivity contribution in [3.63, 3.8) is 0 Å². The van der Waals surface area contributed by atoms with Gasteiger partial charge in [0.25, 0.3) is 5.91 Å². The van der Waals surface area contributed by atoms with E-state index in [2.05, 4.69) is 0 Å². The molecule has 1 atom stereocenters. The molecule has 6 heteroatoms. The van der Waals surface area contributed by atoms with E-state index in [0.717, 1.165) is 26.1 Å². The lowest BCUT2D eigenvalue weighted by molar-refractivity contribution is -0.167. The van der Waals surface area contributed by atoms with Crippen LogP contribution in [0.2, 0.25) is 0 Å². The number of rotatable bonds is 7. The molecule has 2 saturated heterocycles. The second kappa shape index (κ2) is 7.40. The largest absolute Gasteiger partial charge is 0.493 e. The van der Waals surface area contributed by atoms with Gasteiger partial charge in [-0.3, -0.25) is 4.79 Å². The Morgan fingerprint density at radius 2 is 2.04 bits per heavy atom.